The molecule has 0 amide bonds. The van der Waals surface area contributed by atoms with Crippen molar-refractivity contribution in [3.05, 3.63) is 36.4 Å². The zero-order valence-electron chi connectivity index (χ0n) is 16.3. The molecule has 4 aromatic heterocycles. The molecule has 0 aromatic carbocycles. The van der Waals surface area contributed by atoms with Crippen molar-refractivity contribution in [3.8, 4) is 11.3 Å². The molecule has 0 atom stereocenters. The topological polar surface area (TPSA) is 93.0 Å². The van der Waals surface area contributed by atoms with Crippen LogP contribution >= 0.6 is 0 Å². The average molecular weight is 413 g/mol. The number of methoxy groups -OCH3 is 1. The first kappa shape index (κ1) is 18.9. The summed E-state index contributed by atoms with van der Waals surface area (Å²) < 4.78 is 33.0. The highest BCUT2D eigenvalue weighted by molar-refractivity contribution is 5.92. The second-order valence-electron chi connectivity index (χ2n) is 7.48. The number of hydrogen-bond acceptors (Lipinski definition) is 6. The number of alkyl halides is 2. The van der Waals surface area contributed by atoms with E-state index in [-0.39, 0.29) is 5.69 Å². The summed E-state index contributed by atoms with van der Waals surface area (Å²) in [7, 11) is 1.76. The Hall–Kier alpha value is -3.14. The van der Waals surface area contributed by atoms with Crippen LogP contribution in [-0.4, -0.2) is 48.8 Å². The molecule has 4 heterocycles. The van der Waals surface area contributed by atoms with E-state index in [0.29, 0.717) is 35.1 Å². The molecule has 1 saturated carbocycles. The van der Waals surface area contributed by atoms with Gasteiger partial charge in [-0.05, 0) is 37.8 Å². The molecule has 0 aliphatic heterocycles. The van der Waals surface area contributed by atoms with E-state index in [0.717, 1.165) is 42.8 Å². The Morgan fingerprint density at radius 3 is 2.77 bits per heavy atom. The lowest BCUT2D eigenvalue weighted by Crippen LogP contribution is -2.29. The van der Waals surface area contributed by atoms with Gasteiger partial charge in [-0.1, -0.05) is 0 Å². The van der Waals surface area contributed by atoms with Crippen molar-refractivity contribution in [2.24, 2.45) is 0 Å². The molecule has 8 nitrogen and oxygen atoms in total. The summed E-state index contributed by atoms with van der Waals surface area (Å²) in [5, 5.41) is 8.52. The molecule has 1 aliphatic carbocycles. The Morgan fingerprint density at radius 1 is 1.17 bits per heavy atom. The second kappa shape index (κ2) is 7.60. The van der Waals surface area contributed by atoms with Gasteiger partial charge in [-0.25, -0.2) is 23.3 Å². The largest absolute Gasteiger partial charge is 0.381 e. The molecule has 2 N–H and O–H groups in total. The molecule has 4 aromatic rings. The number of nitrogens with zero attached hydrogens (tertiary/aromatic N) is 5. The third-order valence-corrected chi connectivity index (χ3v) is 5.66. The molecule has 156 valence electrons. The van der Waals surface area contributed by atoms with Crippen LogP contribution in [0.1, 0.15) is 37.8 Å². The van der Waals surface area contributed by atoms with Crippen molar-refractivity contribution < 1.29 is 13.5 Å². The van der Waals surface area contributed by atoms with Gasteiger partial charge in [0.2, 0.25) is 5.95 Å². The van der Waals surface area contributed by atoms with Gasteiger partial charge >= 0.3 is 0 Å². The fourth-order valence-electron chi connectivity index (χ4n) is 4.00. The minimum absolute atomic E-state index is 0.238. The van der Waals surface area contributed by atoms with Crippen molar-refractivity contribution in [2.45, 2.75) is 44.3 Å². The van der Waals surface area contributed by atoms with Gasteiger partial charge in [-0.15, -0.1) is 0 Å². The molecule has 0 saturated heterocycles. The van der Waals surface area contributed by atoms with Gasteiger partial charge in [0.1, 0.15) is 11.3 Å². The Balaban J connectivity index is 1.41. The molecule has 0 unspecified atom stereocenters. The third-order valence-electron chi connectivity index (χ3n) is 5.66. The van der Waals surface area contributed by atoms with Crippen molar-refractivity contribution >= 4 is 22.6 Å². The monoisotopic (exact) mass is 413 g/mol. The van der Waals surface area contributed by atoms with E-state index in [4.69, 9.17) is 4.74 Å². The number of rotatable bonds is 5. The van der Waals surface area contributed by atoms with E-state index in [1.165, 1.54) is 4.52 Å². The predicted octanol–water partition coefficient (Wildman–Crippen LogP) is 3.97. The van der Waals surface area contributed by atoms with Crippen LogP contribution in [0.5, 0.6) is 0 Å². The Bertz CT molecular complexity index is 1180. The van der Waals surface area contributed by atoms with Gasteiger partial charge in [-0.3, -0.25) is 0 Å². The fraction of sp³-hybridized carbons (Fsp3) is 0.400. The number of hydrogen-bond donors (Lipinski definition) is 2. The minimum atomic E-state index is -2.65. The lowest BCUT2D eigenvalue weighted by atomic mass is 9.93. The molecular formula is C20H21F2N7O. The van der Waals surface area contributed by atoms with Gasteiger partial charge in [-0.2, -0.15) is 10.1 Å². The third kappa shape index (κ3) is 3.36. The van der Waals surface area contributed by atoms with Gasteiger partial charge < -0.3 is 15.0 Å². The average Bonchev–Trinajstić information content (AvgIpc) is 3.37. The molecule has 1 aliphatic rings. The SMILES string of the molecule is COC1CCC(Nc2ncc3c(-c4ccc5ncc(C(F)F)n5n4)c[nH]c3n2)CC1. The molecular weight excluding hydrogens is 392 g/mol. The normalized spacial score (nSPS) is 19.7. The van der Waals surface area contributed by atoms with Crippen LogP contribution in [0.2, 0.25) is 0 Å². The highest BCUT2D eigenvalue weighted by atomic mass is 19.3. The van der Waals surface area contributed by atoms with Crippen LogP contribution in [0.15, 0.2) is 30.7 Å². The second-order valence-corrected chi connectivity index (χ2v) is 7.48. The number of halogens is 2. The van der Waals surface area contributed by atoms with Gasteiger partial charge in [0, 0.05) is 36.5 Å². The predicted molar refractivity (Wildman–Crippen MR) is 108 cm³/mol. The zero-order valence-corrected chi connectivity index (χ0v) is 16.3. The van der Waals surface area contributed by atoms with E-state index >= 15 is 0 Å². The van der Waals surface area contributed by atoms with E-state index in [2.05, 4.69) is 30.4 Å². The maximum atomic E-state index is 13.2. The van der Waals surface area contributed by atoms with E-state index < -0.39 is 6.43 Å². The Kier molecular flexibility index (Phi) is 4.78. The smallest absolute Gasteiger partial charge is 0.282 e. The molecule has 0 spiro atoms. The summed E-state index contributed by atoms with van der Waals surface area (Å²) in [6, 6.07) is 3.74. The number of fused-ring (bicyclic) bond motifs is 2. The van der Waals surface area contributed by atoms with Crippen molar-refractivity contribution in [3.63, 3.8) is 0 Å². The lowest BCUT2D eigenvalue weighted by Gasteiger charge is -2.28. The molecule has 30 heavy (non-hydrogen) atoms. The number of anilines is 1. The fourth-order valence-corrected chi connectivity index (χ4v) is 4.00. The summed E-state index contributed by atoms with van der Waals surface area (Å²) >= 11 is 0. The summed E-state index contributed by atoms with van der Waals surface area (Å²) in [5.74, 6) is 0.565. The number of H-pyrrole nitrogens is 1. The van der Waals surface area contributed by atoms with Crippen molar-refractivity contribution in [1.82, 2.24) is 29.5 Å². The van der Waals surface area contributed by atoms with E-state index in [1.807, 2.05) is 0 Å². The zero-order chi connectivity index (χ0) is 20.7. The summed E-state index contributed by atoms with van der Waals surface area (Å²) in [5.41, 5.74) is 2.08. The lowest BCUT2D eigenvalue weighted by molar-refractivity contribution is 0.0681. The maximum Gasteiger partial charge on any atom is 0.282 e. The van der Waals surface area contributed by atoms with Crippen LogP contribution in [0.25, 0.3) is 27.9 Å². The van der Waals surface area contributed by atoms with Crippen molar-refractivity contribution in [2.75, 3.05) is 12.4 Å². The quantitative estimate of drug-likeness (QED) is 0.514. The molecule has 0 radical (unpaired) electrons. The first-order valence-corrected chi connectivity index (χ1v) is 9.89. The first-order valence-electron chi connectivity index (χ1n) is 9.89. The number of ether oxygens (including phenoxy) is 1. The first-order chi connectivity index (χ1) is 14.6. The minimum Gasteiger partial charge on any atom is -0.381 e. The summed E-state index contributed by atoms with van der Waals surface area (Å²) in [6.07, 6.45) is 6.38. The Labute approximate surface area is 170 Å². The van der Waals surface area contributed by atoms with Gasteiger partial charge in [0.05, 0.1) is 18.0 Å². The van der Waals surface area contributed by atoms with Crippen LogP contribution in [0, 0.1) is 0 Å². The van der Waals surface area contributed by atoms with E-state index in [9.17, 15) is 8.78 Å². The number of aromatic nitrogens is 6. The van der Waals surface area contributed by atoms with Gasteiger partial charge in [0.25, 0.3) is 6.43 Å². The number of nitrogens with one attached hydrogen (secondary N) is 2. The van der Waals surface area contributed by atoms with E-state index in [1.54, 1.807) is 31.6 Å². The van der Waals surface area contributed by atoms with Crippen LogP contribution in [0.4, 0.5) is 14.7 Å². The summed E-state index contributed by atoms with van der Waals surface area (Å²) in [4.78, 5) is 16.1. The summed E-state index contributed by atoms with van der Waals surface area (Å²) in [6.45, 7) is 0. The van der Waals surface area contributed by atoms with Crippen LogP contribution < -0.4 is 5.32 Å². The molecule has 5 rings (SSSR count). The van der Waals surface area contributed by atoms with Crippen molar-refractivity contribution in [1.29, 1.82) is 0 Å². The van der Waals surface area contributed by atoms with Crippen LogP contribution in [-0.2, 0) is 4.74 Å². The molecule has 0 bridgehead atoms. The standard InChI is InChI=1S/C20H21F2N7O/c1-30-12-4-2-11(3-5-12)26-20-25-9-14-13(8-24-19(14)27-20)15-6-7-17-23-10-16(18(21)22)29(17)28-15/h6-12,18H,2-5H2,1H3,(H2,24,25,26,27). The molecule has 10 heteroatoms. The maximum absolute atomic E-state index is 13.2. The number of aromatic amines is 1. The Morgan fingerprint density at radius 2 is 2.00 bits per heavy atom. The highest BCUT2D eigenvalue weighted by Crippen LogP contribution is 2.28. The van der Waals surface area contributed by atoms with Crippen LogP contribution in [0.3, 0.4) is 0 Å². The number of imidazole rings is 1. The van der Waals surface area contributed by atoms with Gasteiger partial charge in [0.15, 0.2) is 5.65 Å². The molecule has 1 fully saturated rings. The highest BCUT2D eigenvalue weighted by Gasteiger charge is 2.22.